The van der Waals surface area contributed by atoms with E-state index >= 15 is 0 Å². The third-order valence-electron chi connectivity index (χ3n) is 2.11. The number of Topliss-reactive ketones (excluding diaryl/α,β-unsaturated/α-hetero) is 1. The van der Waals surface area contributed by atoms with Crippen molar-refractivity contribution >= 4 is 17.1 Å². The molecule has 13 heavy (non-hydrogen) atoms. The van der Waals surface area contributed by atoms with Gasteiger partial charge in [0.2, 0.25) is 0 Å². The second-order valence-electron chi connectivity index (χ2n) is 3.22. The quantitative estimate of drug-likeness (QED) is 0.792. The predicted octanol–water partition coefficient (Wildman–Crippen LogP) is 1.24. The van der Waals surface area contributed by atoms with E-state index in [1.807, 2.05) is 19.2 Å². The third-order valence-corrected chi connectivity index (χ3v) is 2.89. The Morgan fingerprint density at radius 2 is 2.38 bits per heavy atom. The molecule has 0 spiro atoms. The van der Waals surface area contributed by atoms with Crippen LogP contribution < -0.4 is 5.73 Å². The average Bonchev–Trinajstić information content (AvgIpc) is 2.55. The predicted molar refractivity (Wildman–Crippen MR) is 53.6 cm³/mol. The minimum Gasteiger partial charge on any atom is -0.327 e. The zero-order chi connectivity index (χ0) is 9.84. The average molecular weight is 198 g/mol. The van der Waals surface area contributed by atoms with E-state index in [2.05, 4.69) is 4.98 Å². The van der Waals surface area contributed by atoms with Gasteiger partial charge in [-0.15, -0.1) is 11.3 Å². The maximum atomic E-state index is 11.5. The third kappa shape index (κ3) is 2.90. The highest BCUT2D eigenvalue weighted by Crippen LogP contribution is 2.10. The molecular formula is C9H14N2OS. The van der Waals surface area contributed by atoms with Crippen LogP contribution in [0.5, 0.6) is 0 Å². The van der Waals surface area contributed by atoms with Gasteiger partial charge in [-0.25, -0.2) is 4.98 Å². The summed E-state index contributed by atoms with van der Waals surface area (Å²) in [5.41, 5.74) is 5.63. The number of hydrogen-bond donors (Lipinski definition) is 1. The van der Waals surface area contributed by atoms with Crippen molar-refractivity contribution < 1.29 is 4.79 Å². The maximum Gasteiger partial charge on any atom is 0.144 e. The highest BCUT2D eigenvalue weighted by Gasteiger charge is 2.17. The Morgan fingerprint density at radius 1 is 1.69 bits per heavy atom. The second-order valence-corrected chi connectivity index (χ2v) is 4.20. The van der Waals surface area contributed by atoms with E-state index in [1.165, 1.54) is 11.3 Å². The first-order valence-electron chi connectivity index (χ1n) is 4.28. The summed E-state index contributed by atoms with van der Waals surface area (Å²) < 4.78 is 0. The number of rotatable bonds is 4. The Kier molecular flexibility index (Phi) is 3.57. The first kappa shape index (κ1) is 10.3. The summed E-state index contributed by atoms with van der Waals surface area (Å²) in [6.07, 6.45) is 2.13. The number of ketones is 1. The van der Waals surface area contributed by atoms with Gasteiger partial charge in [-0.3, -0.25) is 4.79 Å². The fraction of sp³-hybridized carbons (Fsp3) is 0.556. The lowest BCUT2D eigenvalue weighted by Gasteiger charge is -2.12. The van der Waals surface area contributed by atoms with Gasteiger partial charge in [0, 0.05) is 23.5 Å². The van der Waals surface area contributed by atoms with E-state index < -0.39 is 0 Å². The minimum absolute atomic E-state index is 0.0764. The Balaban J connectivity index is 2.51. The molecule has 0 bridgehead atoms. The molecule has 0 amide bonds. The molecule has 1 aromatic rings. The van der Waals surface area contributed by atoms with Gasteiger partial charge >= 0.3 is 0 Å². The highest BCUT2D eigenvalue weighted by atomic mass is 32.1. The van der Waals surface area contributed by atoms with Gasteiger partial charge in [-0.1, -0.05) is 6.92 Å². The van der Waals surface area contributed by atoms with Crippen LogP contribution in [0.4, 0.5) is 0 Å². The lowest BCUT2D eigenvalue weighted by atomic mass is 9.97. The number of carbonyl (C=O) groups excluding carboxylic acids is 1. The number of hydrogen-bond acceptors (Lipinski definition) is 4. The van der Waals surface area contributed by atoms with Crippen molar-refractivity contribution in [3.05, 3.63) is 16.6 Å². The molecule has 1 heterocycles. The van der Waals surface area contributed by atoms with E-state index in [0.717, 1.165) is 5.01 Å². The molecule has 3 nitrogen and oxygen atoms in total. The molecule has 0 aliphatic rings. The van der Waals surface area contributed by atoms with Gasteiger partial charge in [-0.2, -0.15) is 0 Å². The zero-order valence-corrected chi connectivity index (χ0v) is 8.67. The van der Waals surface area contributed by atoms with Gasteiger partial charge in [0.1, 0.15) is 5.78 Å². The van der Waals surface area contributed by atoms with Crippen LogP contribution in [-0.4, -0.2) is 16.8 Å². The number of aromatic nitrogens is 1. The molecule has 72 valence electrons. The maximum absolute atomic E-state index is 11.5. The lowest BCUT2D eigenvalue weighted by Crippen LogP contribution is -2.31. The number of nitrogens with zero attached hydrogens (tertiary/aromatic N) is 1. The van der Waals surface area contributed by atoms with Gasteiger partial charge in [0.25, 0.3) is 0 Å². The number of carbonyl (C=O) groups is 1. The van der Waals surface area contributed by atoms with Crippen LogP contribution in [0.3, 0.4) is 0 Å². The van der Waals surface area contributed by atoms with Crippen LogP contribution in [0.1, 0.15) is 18.9 Å². The molecule has 1 aromatic heterocycles. The van der Waals surface area contributed by atoms with Gasteiger partial charge in [-0.05, 0) is 6.92 Å². The zero-order valence-electron chi connectivity index (χ0n) is 7.86. The summed E-state index contributed by atoms with van der Waals surface area (Å²) in [6, 6.07) is -0.0764. The Labute approximate surface area is 82.0 Å². The van der Waals surface area contributed by atoms with Crippen molar-refractivity contribution in [1.82, 2.24) is 4.98 Å². The summed E-state index contributed by atoms with van der Waals surface area (Å²) in [4.78, 5) is 15.6. The molecule has 0 saturated carbocycles. The summed E-state index contributed by atoms with van der Waals surface area (Å²) >= 11 is 1.51. The van der Waals surface area contributed by atoms with E-state index in [0.29, 0.717) is 6.42 Å². The van der Waals surface area contributed by atoms with Crippen molar-refractivity contribution in [1.29, 1.82) is 0 Å². The molecule has 1 rings (SSSR count). The molecule has 0 aliphatic heterocycles. The van der Waals surface area contributed by atoms with Gasteiger partial charge in [0.05, 0.1) is 11.4 Å². The first-order chi connectivity index (χ1) is 6.11. The van der Waals surface area contributed by atoms with Crippen molar-refractivity contribution in [2.24, 2.45) is 11.7 Å². The molecule has 0 aliphatic carbocycles. The van der Waals surface area contributed by atoms with Crippen molar-refractivity contribution in [2.75, 3.05) is 0 Å². The molecule has 0 saturated heterocycles. The Hall–Kier alpha value is -0.740. The van der Waals surface area contributed by atoms with Crippen LogP contribution in [-0.2, 0) is 11.2 Å². The summed E-state index contributed by atoms with van der Waals surface area (Å²) in [5, 5.41) is 2.75. The van der Waals surface area contributed by atoms with Gasteiger partial charge in [0.15, 0.2) is 0 Å². The SMILES string of the molecule is CC(N)C(C)C(=O)Cc1nccs1. The molecule has 0 radical (unpaired) electrons. The monoisotopic (exact) mass is 198 g/mol. The largest absolute Gasteiger partial charge is 0.327 e. The van der Waals surface area contributed by atoms with E-state index in [9.17, 15) is 4.79 Å². The smallest absolute Gasteiger partial charge is 0.144 e. The topological polar surface area (TPSA) is 56.0 Å². The minimum atomic E-state index is -0.0797. The summed E-state index contributed by atoms with van der Waals surface area (Å²) in [5.74, 6) is 0.0915. The Bertz CT molecular complexity index is 269. The number of nitrogens with two attached hydrogens (primary N) is 1. The van der Waals surface area contributed by atoms with Crippen molar-refractivity contribution in [3.63, 3.8) is 0 Å². The van der Waals surface area contributed by atoms with Crippen LogP contribution >= 0.6 is 11.3 Å². The number of thiazole rings is 1. The van der Waals surface area contributed by atoms with E-state index in [4.69, 9.17) is 5.73 Å². The normalized spacial score (nSPS) is 15.3. The fourth-order valence-electron chi connectivity index (χ4n) is 0.944. The highest BCUT2D eigenvalue weighted by molar-refractivity contribution is 7.09. The second kappa shape index (κ2) is 4.48. The van der Waals surface area contributed by atoms with Crippen LogP contribution in [0, 0.1) is 5.92 Å². The molecule has 2 N–H and O–H groups in total. The van der Waals surface area contributed by atoms with Crippen LogP contribution in [0.15, 0.2) is 11.6 Å². The van der Waals surface area contributed by atoms with Crippen molar-refractivity contribution in [3.8, 4) is 0 Å². The van der Waals surface area contributed by atoms with E-state index in [1.54, 1.807) is 6.20 Å². The Morgan fingerprint density at radius 3 is 2.85 bits per heavy atom. The molecule has 0 aromatic carbocycles. The van der Waals surface area contributed by atoms with E-state index in [-0.39, 0.29) is 17.7 Å². The summed E-state index contributed by atoms with van der Waals surface area (Å²) in [7, 11) is 0. The standard InChI is InChI=1S/C9H14N2OS/c1-6(7(2)10)8(12)5-9-11-3-4-13-9/h3-4,6-7H,5,10H2,1-2H3. The molecule has 4 heteroatoms. The molecule has 0 fully saturated rings. The van der Waals surface area contributed by atoms with Crippen LogP contribution in [0.2, 0.25) is 0 Å². The van der Waals surface area contributed by atoms with Crippen LogP contribution in [0.25, 0.3) is 0 Å². The summed E-state index contributed by atoms with van der Waals surface area (Å²) in [6.45, 7) is 3.71. The fourth-order valence-corrected chi connectivity index (χ4v) is 1.57. The molecule has 2 atom stereocenters. The molecular weight excluding hydrogens is 184 g/mol. The molecule has 2 unspecified atom stereocenters. The van der Waals surface area contributed by atoms with Crippen molar-refractivity contribution in [2.45, 2.75) is 26.3 Å². The lowest BCUT2D eigenvalue weighted by molar-refractivity contribution is -0.122. The van der Waals surface area contributed by atoms with Gasteiger partial charge < -0.3 is 5.73 Å². The first-order valence-corrected chi connectivity index (χ1v) is 5.16.